The lowest BCUT2D eigenvalue weighted by Gasteiger charge is -2.31. The molecular formula is C27H37N3O3S. The molecule has 184 valence electrons. The van der Waals surface area contributed by atoms with Crippen LogP contribution in [-0.4, -0.2) is 49.7 Å². The largest absolute Gasteiger partial charge is 0.352 e. The van der Waals surface area contributed by atoms with E-state index < -0.39 is 10.0 Å². The maximum absolute atomic E-state index is 13.3. The summed E-state index contributed by atoms with van der Waals surface area (Å²) in [6.07, 6.45) is 3.67. The first-order chi connectivity index (χ1) is 16.2. The fourth-order valence-electron chi connectivity index (χ4n) is 5.36. The average Bonchev–Trinajstić information content (AvgIpc) is 3.30. The van der Waals surface area contributed by atoms with Crippen LogP contribution in [0.1, 0.15) is 53.5 Å². The van der Waals surface area contributed by atoms with Crippen molar-refractivity contribution in [1.82, 2.24) is 14.5 Å². The fourth-order valence-corrected chi connectivity index (χ4v) is 7.24. The molecule has 2 aromatic rings. The van der Waals surface area contributed by atoms with Gasteiger partial charge in [0, 0.05) is 32.1 Å². The zero-order valence-corrected chi connectivity index (χ0v) is 21.5. The van der Waals surface area contributed by atoms with E-state index in [4.69, 9.17) is 0 Å². The molecular weight excluding hydrogens is 446 g/mol. The predicted octanol–water partition coefficient (Wildman–Crippen LogP) is 3.92. The molecule has 4 rings (SSSR count). The van der Waals surface area contributed by atoms with E-state index in [0.717, 1.165) is 28.8 Å². The summed E-state index contributed by atoms with van der Waals surface area (Å²) in [7, 11) is -3.56. The predicted molar refractivity (Wildman–Crippen MR) is 135 cm³/mol. The summed E-state index contributed by atoms with van der Waals surface area (Å²) in [4.78, 5) is 15.6. The van der Waals surface area contributed by atoms with Crippen molar-refractivity contribution in [2.24, 2.45) is 5.92 Å². The summed E-state index contributed by atoms with van der Waals surface area (Å²) in [6.45, 7) is 10.3. The normalized spacial score (nSPS) is 18.3. The Hall–Kier alpha value is -2.22. The third-order valence-electron chi connectivity index (χ3n) is 7.12. The number of rotatable bonds is 7. The van der Waals surface area contributed by atoms with Gasteiger partial charge in [-0.1, -0.05) is 42.0 Å². The summed E-state index contributed by atoms with van der Waals surface area (Å²) in [6, 6.07) is 12.3. The van der Waals surface area contributed by atoms with E-state index in [1.807, 2.05) is 32.9 Å². The highest BCUT2D eigenvalue weighted by atomic mass is 32.2. The van der Waals surface area contributed by atoms with Gasteiger partial charge in [-0.05, 0) is 81.8 Å². The van der Waals surface area contributed by atoms with Gasteiger partial charge in [0.1, 0.15) is 0 Å². The second kappa shape index (κ2) is 10.6. The zero-order valence-electron chi connectivity index (χ0n) is 20.6. The van der Waals surface area contributed by atoms with Gasteiger partial charge in [0.15, 0.2) is 0 Å². The number of likely N-dealkylation sites (tertiary alicyclic amines) is 1. The Bertz CT molecular complexity index is 1090. The first-order valence-corrected chi connectivity index (χ1v) is 13.8. The summed E-state index contributed by atoms with van der Waals surface area (Å²) in [5.41, 5.74) is 5.02. The van der Waals surface area contributed by atoms with Crippen molar-refractivity contribution in [3.63, 3.8) is 0 Å². The lowest BCUT2D eigenvalue weighted by atomic mass is 9.97. The van der Waals surface area contributed by atoms with E-state index in [2.05, 4.69) is 34.5 Å². The van der Waals surface area contributed by atoms with E-state index in [9.17, 15) is 13.2 Å². The van der Waals surface area contributed by atoms with Gasteiger partial charge in [0.05, 0.1) is 4.90 Å². The van der Waals surface area contributed by atoms with E-state index in [-0.39, 0.29) is 11.8 Å². The van der Waals surface area contributed by atoms with Crippen molar-refractivity contribution in [1.29, 1.82) is 0 Å². The molecule has 0 bridgehead atoms. The van der Waals surface area contributed by atoms with Crippen LogP contribution in [0.2, 0.25) is 0 Å². The Morgan fingerprint density at radius 3 is 2.06 bits per heavy atom. The highest BCUT2D eigenvalue weighted by Gasteiger charge is 2.33. The number of carbonyl (C=O) groups is 1. The Kier molecular flexibility index (Phi) is 7.75. The van der Waals surface area contributed by atoms with Crippen LogP contribution in [0.5, 0.6) is 0 Å². The molecule has 2 heterocycles. The van der Waals surface area contributed by atoms with Gasteiger partial charge in [-0.3, -0.25) is 9.69 Å². The van der Waals surface area contributed by atoms with Crippen LogP contribution in [-0.2, 0) is 27.9 Å². The zero-order chi connectivity index (χ0) is 24.3. The molecule has 1 N–H and O–H groups in total. The van der Waals surface area contributed by atoms with Gasteiger partial charge in [0.25, 0.3) is 0 Å². The van der Waals surface area contributed by atoms with Crippen LogP contribution in [0.25, 0.3) is 0 Å². The van der Waals surface area contributed by atoms with Gasteiger partial charge in [0.2, 0.25) is 15.9 Å². The third kappa shape index (κ3) is 5.70. The van der Waals surface area contributed by atoms with Gasteiger partial charge < -0.3 is 5.32 Å². The number of nitrogens with one attached hydrogen (secondary N) is 1. The summed E-state index contributed by atoms with van der Waals surface area (Å²) < 4.78 is 28.1. The van der Waals surface area contributed by atoms with Crippen LogP contribution < -0.4 is 5.32 Å². The molecule has 0 saturated carbocycles. The van der Waals surface area contributed by atoms with Crippen LogP contribution >= 0.6 is 0 Å². The van der Waals surface area contributed by atoms with Crippen molar-refractivity contribution in [3.05, 3.63) is 64.2 Å². The van der Waals surface area contributed by atoms with Crippen LogP contribution in [0.3, 0.4) is 0 Å². The number of amides is 1. The standard InChI is InChI=1S/C27H37N3O3S/c1-20-16-21(2)26(22(3)17-20)34(32,33)30-14-10-25(11-15-30)27(31)28-18-23-6-8-24(9-7-23)19-29-12-4-5-13-29/h6-9,16-17,25H,4-5,10-15,18-19H2,1-3H3,(H,28,31). The molecule has 0 spiro atoms. The van der Waals surface area contributed by atoms with Crippen molar-refractivity contribution < 1.29 is 13.2 Å². The molecule has 2 aliphatic heterocycles. The van der Waals surface area contributed by atoms with Crippen LogP contribution in [0, 0.1) is 26.7 Å². The molecule has 6 nitrogen and oxygen atoms in total. The third-order valence-corrected chi connectivity index (χ3v) is 9.33. The molecule has 7 heteroatoms. The van der Waals surface area contributed by atoms with E-state index in [0.29, 0.717) is 37.4 Å². The summed E-state index contributed by atoms with van der Waals surface area (Å²) >= 11 is 0. The number of hydrogen-bond acceptors (Lipinski definition) is 4. The van der Waals surface area contributed by atoms with Gasteiger partial charge >= 0.3 is 0 Å². The number of piperidine rings is 1. The molecule has 2 fully saturated rings. The minimum Gasteiger partial charge on any atom is -0.352 e. The minimum atomic E-state index is -3.56. The first kappa shape index (κ1) is 24.9. The van der Waals surface area contributed by atoms with Gasteiger partial charge in [-0.15, -0.1) is 0 Å². The van der Waals surface area contributed by atoms with Crippen molar-refractivity contribution in [3.8, 4) is 0 Å². The highest BCUT2D eigenvalue weighted by Crippen LogP contribution is 2.29. The first-order valence-electron chi connectivity index (χ1n) is 12.4. The molecule has 2 saturated heterocycles. The minimum absolute atomic E-state index is 0.0147. The molecule has 0 radical (unpaired) electrons. The number of carbonyl (C=O) groups excluding carboxylic acids is 1. The molecule has 0 aliphatic carbocycles. The van der Waals surface area contributed by atoms with Gasteiger partial charge in [-0.25, -0.2) is 8.42 Å². The number of hydrogen-bond donors (Lipinski definition) is 1. The van der Waals surface area contributed by atoms with Crippen LogP contribution in [0.4, 0.5) is 0 Å². The number of aryl methyl sites for hydroxylation is 3. The lowest BCUT2D eigenvalue weighted by Crippen LogP contribution is -2.43. The summed E-state index contributed by atoms with van der Waals surface area (Å²) in [5.74, 6) is -0.137. The smallest absolute Gasteiger partial charge is 0.243 e. The maximum Gasteiger partial charge on any atom is 0.243 e. The van der Waals surface area contributed by atoms with E-state index in [1.54, 1.807) is 4.31 Å². The summed E-state index contributed by atoms with van der Waals surface area (Å²) in [5, 5.41) is 3.05. The van der Waals surface area contributed by atoms with Crippen LogP contribution in [0.15, 0.2) is 41.3 Å². The molecule has 0 unspecified atom stereocenters. The second-order valence-corrected chi connectivity index (χ2v) is 11.8. The molecule has 2 aliphatic rings. The second-order valence-electron chi connectivity index (χ2n) is 9.92. The monoisotopic (exact) mass is 483 g/mol. The van der Waals surface area contributed by atoms with Crippen molar-refractivity contribution >= 4 is 15.9 Å². The molecule has 2 aromatic carbocycles. The average molecular weight is 484 g/mol. The topological polar surface area (TPSA) is 69.7 Å². The highest BCUT2D eigenvalue weighted by molar-refractivity contribution is 7.89. The number of sulfonamides is 1. The Morgan fingerprint density at radius 2 is 1.47 bits per heavy atom. The molecule has 1 amide bonds. The maximum atomic E-state index is 13.3. The van der Waals surface area contributed by atoms with Gasteiger partial charge in [-0.2, -0.15) is 4.31 Å². The van der Waals surface area contributed by atoms with E-state index in [1.165, 1.54) is 31.5 Å². The number of nitrogens with zero attached hydrogens (tertiary/aromatic N) is 2. The Balaban J connectivity index is 1.28. The van der Waals surface area contributed by atoms with E-state index >= 15 is 0 Å². The Labute approximate surface area is 204 Å². The fraction of sp³-hybridized carbons (Fsp3) is 0.519. The molecule has 0 aromatic heterocycles. The quantitative estimate of drug-likeness (QED) is 0.648. The molecule has 0 atom stereocenters. The SMILES string of the molecule is Cc1cc(C)c(S(=O)(=O)N2CCC(C(=O)NCc3ccc(CN4CCCC4)cc3)CC2)c(C)c1. The molecule has 34 heavy (non-hydrogen) atoms. The van der Waals surface area contributed by atoms with Crippen molar-refractivity contribution in [2.45, 2.75) is 64.4 Å². The van der Waals surface area contributed by atoms with Crippen molar-refractivity contribution in [2.75, 3.05) is 26.2 Å². The Morgan fingerprint density at radius 1 is 0.912 bits per heavy atom. The lowest BCUT2D eigenvalue weighted by molar-refractivity contribution is -0.126. The number of benzene rings is 2.